The SMILES string of the molecule is CN=C(NCCc1ccc(OCC(N)=O)cc1)NCC(C)Oc1ccccc1C.I. The molecule has 0 aromatic heterocycles. The van der Waals surface area contributed by atoms with Crippen LogP contribution in [0.2, 0.25) is 0 Å². The molecule has 0 fully saturated rings. The number of aryl methyl sites for hydroxylation is 1. The molecular weight excluding hydrogens is 495 g/mol. The average Bonchev–Trinajstić information content (AvgIpc) is 2.71. The third kappa shape index (κ3) is 9.34. The van der Waals surface area contributed by atoms with E-state index in [-0.39, 0.29) is 36.7 Å². The molecule has 0 bridgehead atoms. The quantitative estimate of drug-likeness (QED) is 0.251. The van der Waals surface area contributed by atoms with Gasteiger partial charge in [0.05, 0.1) is 6.54 Å². The number of para-hydroxylation sites is 1. The Balaban J connectivity index is 0.00000450. The van der Waals surface area contributed by atoms with Crippen molar-refractivity contribution in [2.45, 2.75) is 26.4 Å². The Labute approximate surface area is 195 Å². The Morgan fingerprint density at radius 2 is 1.83 bits per heavy atom. The van der Waals surface area contributed by atoms with E-state index in [1.807, 2.05) is 62.4 Å². The molecule has 30 heavy (non-hydrogen) atoms. The van der Waals surface area contributed by atoms with Gasteiger partial charge in [0.1, 0.15) is 17.6 Å². The van der Waals surface area contributed by atoms with Crippen LogP contribution in [0.5, 0.6) is 11.5 Å². The first-order valence-electron chi connectivity index (χ1n) is 9.64. The van der Waals surface area contributed by atoms with Crippen LogP contribution >= 0.6 is 24.0 Å². The summed E-state index contributed by atoms with van der Waals surface area (Å²) in [6.45, 7) is 5.31. The number of hydrogen-bond acceptors (Lipinski definition) is 4. The highest BCUT2D eigenvalue weighted by atomic mass is 127. The van der Waals surface area contributed by atoms with Crippen molar-refractivity contribution < 1.29 is 14.3 Å². The molecule has 1 amide bonds. The minimum atomic E-state index is -0.490. The van der Waals surface area contributed by atoms with Crippen molar-refractivity contribution in [2.75, 3.05) is 26.7 Å². The van der Waals surface area contributed by atoms with Crippen molar-refractivity contribution in [3.05, 3.63) is 59.7 Å². The number of benzene rings is 2. The maximum atomic E-state index is 10.7. The summed E-state index contributed by atoms with van der Waals surface area (Å²) in [5.41, 5.74) is 7.34. The number of nitrogens with two attached hydrogens (primary N) is 1. The lowest BCUT2D eigenvalue weighted by molar-refractivity contribution is -0.119. The van der Waals surface area contributed by atoms with Gasteiger partial charge in [-0.15, -0.1) is 24.0 Å². The van der Waals surface area contributed by atoms with Gasteiger partial charge in [-0.1, -0.05) is 30.3 Å². The molecule has 1 atom stereocenters. The van der Waals surface area contributed by atoms with Crippen LogP contribution in [0.15, 0.2) is 53.5 Å². The standard InChI is InChI=1S/C22H30N4O3.HI/c1-16-6-4-5-7-20(16)29-17(2)14-26-22(24-3)25-13-12-18-8-10-19(11-9-18)28-15-21(23)27;/h4-11,17H,12-15H2,1-3H3,(H2,23,27)(H2,24,25,26);1H. The highest BCUT2D eigenvalue weighted by Gasteiger charge is 2.07. The highest BCUT2D eigenvalue weighted by Crippen LogP contribution is 2.17. The first kappa shape index (κ1) is 25.5. The molecule has 7 nitrogen and oxygen atoms in total. The van der Waals surface area contributed by atoms with E-state index in [0.29, 0.717) is 12.3 Å². The number of guanidine groups is 1. The molecule has 4 N–H and O–H groups in total. The Kier molecular flexibility index (Phi) is 11.7. The molecule has 164 valence electrons. The molecule has 0 heterocycles. The van der Waals surface area contributed by atoms with Crippen LogP contribution in [-0.4, -0.2) is 44.7 Å². The second kappa shape index (κ2) is 13.7. The van der Waals surface area contributed by atoms with E-state index < -0.39 is 5.91 Å². The van der Waals surface area contributed by atoms with Crippen LogP contribution in [0.1, 0.15) is 18.1 Å². The minimum Gasteiger partial charge on any atom is -0.489 e. The topological polar surface area (TPSA) is 98.0 Å². The number of amides is 1. The zero-order valence-corrected chi connectivity index (χ0v) is 20.0. The number of carbonyl (C=O) groups excluding carboxylic acids is 1. The van der Waals surface area contributed by atoms with Crippen LogP contribution < -0.4 is 25.8 Å². The molecular formula is C22H31IN4O3. The molecule has 2 aromatic carbocycles. The number of nitrogens with one attached hydrogen (secondary N) is 2. The fourth-order valence-electron chi connectivity index (χ4n) is 2.64. The third-order valence-corrected chi connectivity index (χ3v) is 4.21. The first-order valence-corrected chi connectivity index (χ1v) is 9.64. The van der Waals surface area contributed by atoms with Gasteiger partial charge in [0.2, 0.25) is 0 Å². The number of primary amides is 1. The van der Waals surface area contributed by atoms with Gasteiger partial charge in [-0.05, 0) is 49.6 Å². The molecule has 0 aliphatic rings. The number of nitrogens with zero attached hydrogens (tertiary/aromatic N) is 1. The number of ether oxygens (including phenoxy) is 2. The van der Waals surface area contributed by atoms with Gasteiger partial charge in [0.15, 0.2) is 12.6 Å². The van der Waals surface area contributed by atoms with Crippen molar-refractivity contribution in [3.63, 3.8) is 0 Å². The normalized spacial score (nSPS) is 11.8. The zero-order chi connectivity index (χ0) is 21.1. The summed E-state index contributed by atoms with van der Waals surface area (Å²) < 4.78 is 11.2. The molecule has 0 saturated heterocycles. The van der Waals surface area contributed by atoms with Gasteiger partial charge in [-0.2, -0.15) is 0 Å². The lowest BCUT2D eigenvalue weighted by atomic mass is 10.1. The maximum Gasteiger partial charge on any atom is 0.255 e. The van der Waals surface area contributed by atoms with E-state index in [4.69, 9.17) is 15.2 Å². The second-order valence-corrected chi connectivity index (χ2v) is 6.72. The summed E-state index contributed by atoms with van der Waals surface area (Å²) in [7, 11) is 1.74. The molecule has 0 radical (unpaired) electrons. The van der Waals surface area contributed by atoms with Crippen LogP contribution in [0.25, 0.3) is 0 Å². The average molecular weight is 526 g/mol. The molecule has 1 unspecified atom stereocenters. The molecule has 0 spiro atoms. The van der Waals surface area contributed by atoms with E-state index in [1.165, 1.54) is 0 Å². The predicted molar refractivity (Wildman–Crippen MR) is 131 cm³/mol. The molecule has 8 heteroatoms. The van der Waals surface area contributed by atoms with E-state index in [2.05, 4.69) is 15.6 Å². The van der Waals surface area contributed by atoms with E-state index in [9.17, 15) is 4.79 Å². The predicted octanol–water partition coefficient (Wildman–Crippen LogP) is 2.65. The van der Waals surface area contributed by atoms with Crippen molar-refractivity contribution in [2.24, 2.45) is 10.7 Å². The highest BCUT2D eigenvalue weighted by molar-refractivity contribution is 14.0. The van der Waals surface area contributed by atoms with Crippen molar-refractivity contribution in [3.8, 4) is 11.5 Å². The fourth-order valence-corrected chi connectivity index (χ4v) is 2.64. The monoisotopic (exact) mass is 526 g/mol. The third-order valence-electron chi connectivity index (χ3n) is 4.21. The summed E-state index contributed by atoms with van der Waals surface area (Å²) in [6, 6.07) is 15.6. The minimum absolute atomic E-state index is 0. The largest absolute Gasteiger partial charge is 0.489 e. The van der Waals surface area contributed by atoms with Crippen LogP contribution in [0.4, 0.5) is 0 Å². The number of hydrogen-bond donors (Lipinski definition) is 3. The van der Waals surface area contributed by atoms with Crippen LogP contribution in [0, 0.1) is 6.92 Å². The van der Waals surface area contributed by atoms with Crippen LogP contribution in [-0.2, 0) is 11.2 Å². The Morgan fingerprint density at radius 3 is 2.47 bits per heavy atom. The van der Waals surface area contributed by atoms with Gasteiger partial charge in [0.25, 0.3) is 5.91 Å². The lowest BCUT2D eigenvalue weighted by Gasteiger charge is -2.18. The second-order valence-electron chi connectivity index (χ2n) is 6.72. The summed E-state index contributed by atoms with van der Waals surface area (Å²) in [4.78, 5) is 15.0. The van der Waals surface area contributed by atoms with Crippen LogP contribution in [0.3, 0.4) is 0 Å². The van der Waals surface area contributed by atoms with Gasteiger partial charge in [-0.3, -0.25) is 9.79 Å². The van der Waals surface area contributed by atoms with Gasteiger partial charge in [0, 0.05) is 13.6 Å². The Morgan fingerprint density at radius 1 is 1.13 bits per heavy atom. The maximum absolute atomic E-state index is 10.7. The smallest absolute Gasteiger partial charge is 0.255 e. The first-order chi connectivity index (χ1) is 14.0. The summed E-state index contributed by atoms with van der Waals surface area (Å²) in [6.07, 6.45) is 0.828. The molecule has 2 aromatic rings. The summed E-state index contributed by atoms with van der Waals surface area (Å²) >= 11 is 0. The lowest BCUT2D eigenvalue weighted by Crippen LogP contribution is -2.42. The van der Waals surface area contributed by atoms with Gasteiger partial charge in [-0.25, -0.2) is 0 Å². The molecule has 0 saturated carbocycles. The van der Waals surface area contributed by atoms with E-state index in [0.717, 1.165) is 35.8 Å². The van der Waals surface area contributed by atoms with E-state index in [1.54, 1.807) is 7.05 Å². The Bertz CT molecular complexity index is 812. The van der Waals surface area contributed by atoms with E-state index >= 15 is 0 Å². The number of halogens is 1. The molecule has 2 rings (SSSR count). The molecule has 0 aliphatic heterocycles. The van der Waals surface area contributed by atoms with Gasteiger partial charge < -0.3 is 25.8 Å². The summed E-state index contributed by atoms with van der Waals surface area (Å²) in [5.74, 6) is 1.76. The van der Waals surface area contributed by atoms with Crippen molar-refractivity contribution in [1.82, 2.24) is 10.6 Å². The Hall–Kier alpha value is -2.49. The van der Waals surface area contributed by atoms with Crippen molar-refractivity contribution >= 4 is 35.8 Å². The molecule has 0 aliphatic carbocycles. The number of rotatable bonds is 10. The fraction of sp³-hybridized carbons (Fsp3) is 0.364. The number of carbonyl (C=O) groups is 1. The van der Waals surface area contributed by atoms with Crippen molar-refractivity contribution in [1.29, 1.82) is 0 Å². The van der Waals surface area contributed by atoms with Gasteiger partial charge >= 0.3 is 0 Å². The number of aliphatic imine (C=N–C) groups is 1. The summed E-state index contributed by atoms with van der Waals surface area (Å²) in [5, 5.41) is 6.58. The zero-order valence-electron chi connectivity index (χ0n) is 17.7.